The predicted octanol–water partition coefficient (Wildman–Crippen LogP) is 1.89. The van der Waals surface area contributed by atoms with Crippen LogP contribution in [0.3, 0.4) is 0 Å². The van der Waals surface area contributed by atoms with E-state index in [-0.39, 0.29) is 0 Å². The number of ether oxygens (including phenoxy) is 1. The van der Waals surface area contributed by atoms with Gasteiger partial charge in [-0.2, -0.15) is 5.10 Å². The van der Waals surface area contributed by atoms with Gasteiger partial charge in [-0.3, -0.25) is 4.68 Å². The van der Waals surface area contributed by atoms with Crippen LogP contribution in [0, 0.1) is 0 Å². The molecule has 1 heterocycles. The average Bonchev–Trinajstić information content (AvgIpc) is 2.83. The number of para-hydroxylation sites is 1. The van der Waals surface area contributed by atoms with Crippen LogP contribution in [0.4, 0.5) is 0 Å². The second-order valence-corrected chi connectivity index (χ2v) is 4.37. The van der Waals surface area contributed by atoms with Gasteiger partial charge in [-0.1, -0.05) is 25.1 Å². The molecule has 0 radical (unpaired) electrons. The zero-order valence-electron chi connectivity index (χ0n) is 11.5. The monoisotopic (exact) mass is 260 g/mol. The molecule has 0 aliphatic heterocycles. The van der Waals surface area contributed by atoms with Gasteiger partial charge in [0.1, 0.15) is 18.7 Å². The van der Waals surface area contributed by atoms with E-state index in [9.17, 15) is 0 Å². The Hall–Kier alpha value is -1.88. The van der Waals surface area contributed by atoms with Crippen molar-refractivity contribution in [1.82, 2.24) is 20.1 Å². The van der Waals surface area contributed by atoms with Crippen molar-refractivity contribution >= 4 is 0 Å². The summed E-state index contributed by atoms with van der Waals surface area (Å²) in [5.74, 6) is 1.71. The van der Waals surface area contributed by atoms with Gasteiger partial charge >= 0.3 is 0 Å². The molecule has 1 aromatic heterocycles. The summed E-state index contributed by atoms with van der Waals surface area (Å²) in [4.78, 5) is 4.15. The van der Waals surface area contributed by atoms with Crippen molar-refractivity contribution in [2.24, 2.45) is 7.05 Å². The topological polar surface area (TPSA) is 52.0 Å². The summed E-state index contributed by atoms with van der Waals surface area (Å²) in [6.07, 6.45) is 2.66. The van der Waals surface area contributed by atoms with Crippen molar-refractivity contribution in [3.05, 3.63) is 42.0 Å². The molecule has 0 fully saturated rings. The highest BCUT2D eigenvalue weighted by molar-refractivity contribution is 5.33. The van der Waals surface area contributed by atoms with E-state index >= 15 is 0 Å². The summed E-state index contributed by atoms with van der Waals surface area (Å²) in [7, 11) is 1.86. The summed E-state index contributed by atoms with van der Waals surface area (Å²) < 4.78 is 7.55. The molecular formula is C14H20N4O. The molecule has 0 aliphatic carbocycles. The van der Waals surface area contributed by atoms with Crippen molar-refractivity contribution in [3.63, 3.8) is 0 Å². The quantitative estimate of drug-likeness (QED) is 0.772. The zero-order valence-corrected chi connectivity index (χ0v) is 11.5. The van der Waals surface area contributed by atoms with Crippen LogP contribution < -0.4 is 10.1 Å². The number of hydrogen-bond donors (Lipinski definition) is 1. The molecule has 102 valence electrons. The first-order chi connectivity index (χ1) is 9.31. The Labute approximate surface area is 113 Å². The summed E-state index contributed by atoms with van der Waals surface area (Å²) in [5.41, 5.74) is 1.16. The number of nitrogens with one attached hydrogen (secondary N) is 1. The molecule has 0 spiro atoms. The summed E-state index contributed by atoms with van der Waals surface area (Å²) in [5, 5.41) is 7.41. The summed E-state index contributed by atoms with van der Waals surface area (Å²) in [6.45, 7) is 4.42. The first kappa shape index (κ1) is 13.5. The molecule has 5 heteroatoms. The van der Waals surface area contributed by atoms with Crippen LogP contribution in [0.25, 0.3) is 0 Å². The minimum Gasteiger partial charge on any atom is -0.485 e. The Bertz CT molecular complexity index is 510. The van der Waals surface area contributed by atoms with Gasteiger partial charge in [-0.25, -0.2) is 4.98 Å². The maximum absolute atomic E-state index is 5.83. The van der Waals surface area contributed by atoms with E-state index in [1.54, 1.807) is 4.68 Å². The highest BCUT2D eigenvalue weighted by Crippen LogP contribution is 2.18. The molecule has 0 aliphatic rings. The van der Waals surface area contributed by atoms with E-state index < -0.39 is 0 Å². The molecule has 0 saturated carbocycles. The van der Waals surface area contributed by atoms with Crippen LogP contribution >= 0.6 is 0 Å². The highest BCUT2D eigenvalue weighted by atomic mass is 16.5. The molecule has 2 rings (SSSR count). The van der Waals surface area contributed by atoms with Gasteiger partial charge in [0.05, 0.1) is 0 Å². The van der Waals surface area contributed by atoms with Crippen molar-refractivity contribution < 1.29 is 4.74 Å². The second-order valence-electron chi connectivity index (χ2n) is 4.37. The normalized spacial score (nSPS) is 10.6. The number of nitrogens with zero attached hydrogens (tertiary/aromatic N) is 3. The van der Waals surface area contributed by atoms with Gasteiger partial charge < -0.3 is 10.1 Å². The summed E-state index contributed by atoms with van der Waals surface area (Å²) >= 11 is 0. The minimum absolute atomic E-state index is 0.432. The second kappa shape index (κ2) is 6.89. The Morgan fingerprint density at radius 2 is 2.16 bits per heavy atom. The van der Waals surface area contributed by atoms with Crippen molar-refractivity contribution in [1.29, 1.82) is 0 Å². The van der Waals surface area contributed by atoms with Crippen LogP contribution in [0.2, 0.25) is 0 Å². The average molecular weight is 260 g/mol. The Morgan fingerprint density at radius 1 is 1.32 bits per heavy atom. The molecule has 2 aromatic rings. The number of aromatic nitrogens is 3. The maximum Gasteiger partial charge on any atom is 0.164 e. The van der Waals surface area contributed by atoms with Gasteiger partial charge in [0.25, 0.3) is 0 Å². The fraction of sp³-hybridized carbons (Fsp3) is 0.429. The molecular weight excluding hydrogens is 240 g/mol. The van der Waals surface area contributed by atoms with Gasteiger partial charge in [0.2, 0.25) is 0 Å². The lowest BCUT2D eigenvalue weighted by atomic mass is 10.2. The lowest BCUT2D eigenvalue weighted by Gasteiger charge is -2.11. The molecule has 1 N–H and O–H groups in total. The van der Waals surface area contributed by atoms with E-state index in [1.807, 2.05) is 25.2 Å². The third-order valence-corrected chi connectivity index (χ3v) is 2.88. The van der Waals surface area contributed by atoms with Crippen LogP contribution in [0.1, 0.15) is 24.7 Å². The molecule has 0 bridgehead atoms. The predicted molar refractivity (Wildman–Crippen MR) is 73.8 cm³/mol. The smallest absolute Gasteiger partial charge is 0.164 e. The zero-order chi connectivity index (χ0) is 13.5. The van der Waals surface area contributed by atoms with Gasteiger partial charge in [0.15, 0.2) is 5.82 Å². The van der Waals surface area contributed by atoms with Crippen LogP contribution in [0.5, 0.6) is 5.75 Å². The molecule has 0 saturated heterocycles. The van der Waals surface area contributed by atoms with Crippen molar-refractivity contribution in [3.8, 4) is 5.75 Å². The SMILES string of the molecule is CCCNCc1ccccc1OCc1ncnn1C. The van der Waals surface area contributed by atoms with Crippen LogP contribution in [0.15, 0.2) is 30.6 Å². The summed E-state index contributed by atoms with van der Waals surface area (Å²) in [6, 6.07) is 8.07. The Kier molecular flexibility index (Phi) is 4.92. The standard InChI is InChI=1S/C14H20N4O/c1-3-8-15-9-12-6-4-5-7-13(12)19-10-14-16-11-17-18(14)2/h4-7,11,15H,3,8-10H2,1-2H3. The molecule has 0 unspecified atom stereocenters. The van der Waals surface area contributed by atoms with Crippen molar-refractivity contribution in [2.75, 3.05) is 6.54 Å². The van der Waals surface area contributed by atoms with Crippen LogP contribution in [-0.4, -0.2) is 21.3 Å². The van der Waals surface area contributed by atoms with Gasteiger partial charge in [-0.05, 0) is 19.0 Å². The molecule has 0 amide bonds. The number of hydrogen-bond acceptors (Lipinski definition) is 4. The minimum atomic E-state index is 0.432. The van der Waals surface area contributed by atoms with E-state index in [1.165, 1.54) is 6.33 Å². The first-order valence-electron chi connectivity index (χ1n) is 6.55. The van der Waals surface area contributed by atoms with E-state index in [4.69, 9.17) is 4.74 Å². The van der Waals surface area contributed by atoms with E-state index in [0.29, 0.717) is 6.61 Å². The fourth-order valence-electron chi connectivity index (χ4n) is 1.78. The van der Waals surface area contributed by atoms with Crippen LogP contribution in [-0.2, 0) is 20.2 Å². The third-order valence-electron chi connectivity index (χ3n) is 2.88. The maximum atomic E-state index is 5.83. The third kappa shape index (κ3) is 3.79. The lowest BCUT2D eigenvalue weighted by Crippen LogP contribution is -2.15. The van der Waals surface area contributed by atoms with E-state index in [2.05, 4.69) is 28.4 Å². The van der Waals surface area contributed by atoms with Crippen molar-refractivity contribution in [2.45, 2.75) is 26.5 Å². The largest absolute Gasteiger partial charge is 0.485 e. The number of benzene rings is 1. The van der Waals surface area contributed by atoms with Gasteiger partial charge in [0, 0.05) is 19.2 Å². The lowest BCUT2D eigenvalue weighted by molar-refractivity contribution is 0.286. The molecule has 0 atom stereocenters. The van der Waals surface area contributed by atoms with Gasteiger partial charge in [-0.15, -0.1) is 0 Å². The fourth-order valence-corrected chi connectivity index (χ4v) is 1.78. The van der Waals surface area contributed by atoms with E-state index in [0.717, 1.165) is 36.6 Å². The first-order valence-corrected chi connectivity index (χ1v) is 6.55. The molecule has 5 nitrogen and oxygen atoms in total. The molecule has 19 heavy (non-hydrogen) atoms. The number of aryl methyl sites for hydroxylation is 1. The number of rotatable bonds is 7. The molecule has 1 aromatic carbocycles. The Morgan fingerprint density at radius 3 is 2.89 bits per heavy atom. The highest BCUT2D eigenvalue weighted by Gasteiger charge is 2.05. The Balaban J connectivity index is 1.97.